The Morgan fingerprint density at radius 2 is 1.91 bits per heavy atom. The van der Waals surface area contributed by atoms with Crippen LogP contribution in [-0.2, 0) is 24.1 Å². The molecule has 2 atom stereocenters. The van der Waals surface area contributed by atoms with Gasteiger partial charge in [0.15, 0.2) is 17.3 Å². The zero-order chi connectivity index (χ0) is 25.1. The van der Waals surface area contributed by atoms with Crippen molar-refractivity contribution in [3.05, 3.63) is 47.2 Å². The van der Waals surface area contributed by atoms with Gasteiger partial charge in [0.25, 0.3) is 5.52 Å². The SMILES string of the molecule is Cc1cc(N2CC[C@H](C(=O)N3CCn4c(nnc4C(F)(F)F)C3)[C@H](C)C2)c2ccc(F)c(F)c2[nH+]1. The third-order valence-electron chi connectivity index (χ3n) is 6.93. The number of pyridine rings is 1. The van der Waals surface area contributed by atoms with Crippen LogP contribution >= 0.6 is 0 Å². The molecular formula is C23H24F5N6O+. The lowest BCUT2D eigenvalue weighted by atomic mass is 9.85. The molecule has 2 aliphatic rings. The van der Waals surface area contributed by atoms with Gasteiger partial charge in [-0.15, -0.1) is 10.2 Å². The molecule has 0 radical (unpaired) electrons. The lowest BCUT2D eigenvalue weighted by Gasteiger charge is -2.40. The number of fused-ring (bicyclic) bond motifs is 2. The standard InChI is InChI=1S/C23H23F5N6O/c1-12-10-32(17-9-13(2)29-20-15(17)3-4-16(24)19(20)25)6-5-14(12)21(35)33-7-8-34-18(11-33)30-31-22(34)23(26,27)28/h3-4,9,12,14H,5-8,10-11H2,1-2H3/p+1/t12-,14+/m1/s1. The molecule has 12 heteroatoms. The van der Waals surface area contributed by atoms with Gasteiger partial charge < -0.3 is 14.4 Å². The summed E-state index contributed by atoms with van der Waals surface area (Å²) < 4.78 is 68.5. The van der Waals surface area contributed by atoms with Gasteiger partial charge in [-0.25, -0.2) is 9.37 Å². The lowest BCUT2D eigenvalue weighted by molar-refractivity contribution is -0.356. The number of carbonyl (C=O) groups is 1. The molecule has 1 saturated heterocycles. The molecule has 1 aromatic carbocycles. The Kier molecular flexibility index (Phi) is 5.64. The Bertz CT molecular complexity index is 1310. The van der Waals surface area contributed by atoms with Crippen LogP contribution in [0.3, 0.4) is 0 Å². The quantitative estimate of drug-likeness (QED) is 0.512. The molecule has 1 fully saturated rings. The molecule has 4 heterocycles. The average Bonchev–Trinajstić information content (AvgIpc) is 3.25. The number of alkyl halides is 3. The van der Waals surface area contributed by atoms with E-state index in [4.69, 9.17) is 0 Å². The molecule has 1 N–H and O–H groups in total. The summed E-state index contributed by atoms with van der Waals surface area (Å²) in [5, 5.41) is 7.48. The number of benzene rings is 1. The summed E-state index contributed by atoms with van der Waals surface area (Å²) in [4.78, 5) is 19.8. The van der Waals surface area contributed by atoms with E-state index in [1.54, 1.807) is 17.9 Å². The normalized spacial score (nSPS) is 20.9. The van der Waals surface area contributed by atoms with E-state index in [1.165, 1.54) is 0 Å². The molecule has 0 spiro atoms. The molecule has 2 aliphatic heterocycles. The number of rotatable bonds is 2. The second-order valence-corrected chi connectivity index (χ2v) is 9.29. The first kappa shape index (κ1) is 23.4. The number of amides is 1. The minimum absolute atomic E-state index is 0.00987. The summed E-state index contributed by atoms with van der Waals surface area (Å²) in [5.41, 5.74) is 1.54. The average molecular weight is 495 g/mol. The molecule has 35 heavy (non-hydrogen) atoms. The highest BCUT2D eigenvalue weighted by atomic mass is 19.4. The van der Waals surface area contributed by atoms with Crippen molar-refractivity contribution in [1.29, 1.82) is 0 Å². The van der Waals surface area contributed by atoms with Crippen molar-refractivity contribution >= 4 is 22.5 Å². The van der Waals surface area contributed by atoms with Crippen molar-refractivity contribution in [2.75, 3.05) is 24.5 Å². The van der Waals surface area contributed by atoms with E-state index >= 15 is 0 Å². The minimum atomic E-state index is -4.59. The van der Waals surface area contributed by atoms with Crippen molar-refractivity contribution in [3.8, 4) is 0 Å². The zero-order valence-electron chi connectivity index (χ0n) is 19.2. The molecule has 3 aromatic rings. The molecule has 1 amide bonds. The monoisotopic (exact) mass is 495 g/mol. The molecule has 0 saturated carbocycles. The van der Waals surface area contributed by atoms with E-state index in [0.29, 0.717) is 30.6 Å². The first-order valence-electron chi connectivity index (χ1n) is 11.4. The van der Waals surface area contributed by atoms with Crippen LogP contribution in [0.25, 0.3) is 10.9 Å². The molecule has 0 aliphatic carbocycles. The number of nitrogens with one attached hydrogen (secondary N) is 1. The van der Waals surface area contributed by atoms with Crippen molar-refractivity contribution in [1.82, 2.24) is 19.7 Å². The summed E-state index contributed by atoms with van der Waals surface area (Å²) in [7, 11) is 0. The maximum atomic E-state index is 14.4. The van der Waals surface area contributed by atoms with E-state index in [-0.39, 0.29) is 48.7 Å². The number of hydrogen-bond donors (Lipinski definition) is 0. The van der Waals surface area contributed by atoms with E-state index in [2.05, 4.69) is 20.1 Å². The Labute approximate surface area is 197 Å². The summed E-state index contributed by atoms with van der Waals surface area (Å²) >= 11 is 0. The van der Waals surface area contributed by atoms with Crippen LogP contribution in [-0.4, -0.2) is 45.2 Å². The zero-order valence-corrected chi connectivity index (χ0v) is 19.2. The van der Waals surface area contributed by atoms with Crippen LogP contribution in [0, 0.1) is 30.4 Å². The number of aromatic amines is 1. The summed E-state index contributed by atoms with van der Waals surface area (Å²) in [6, 6.07) is 4.52. The van der Waals surface area contributed by atoms with E-state index < -0.39 is 23.6 Å². The van der Waals surface area contributed by atoms with Crippen LogP contribution in [0.15, 0.2) is 18.2 Å². The van der Waals surface area contributed by atoms with Gasteiger partial charge in [0.05, 0.1) is 17.6 Å². The first-order valence-corrected chi connectivity index (χ1v) is 11.4. The Morgan fingerprint density at radius 3 is 2.63 bits per heavy atom. The largest absolute Gasteiger partial charge is 0.451 e. The van der Waals surface area contributed by atoms with Gasteiger partial charge in [-0.05, 0) is 24.5 Å². The molecule has 186 valence electrons. The number of halogens is 5. The van der Waals surface area contributed by atoms with E-state index in [9.17, 15) is 26.7 Å². The van der Waals surface area contributed by atoms with Crippen LogP contribution in [0.5, 0.6) is 0 Å². The van der Waals surface area contributed by atoms with E-state index in [0.717, 1.165) is 16.3 Å². The van der Waals surface area contributed by atoms with Crippen molar-refractivity contribution < 1.29 is 31.7 Å². The molecular weight excluding hydrogens is 471 g/mol. The number of aromatic nitrogens is 4. The van der Waals surface area contributed by atoms with Crippen LogP contribution in [0.1, 0.15) is 30.7 Å². The third-order valence-corrected chi connectivity index (χ3v) is 6.93. The molecule has 0 bridgehead atoms. The highest BCUT2D eigenvalue weighted by molar-refractivity contribution is 5.90. The summed E-state index contributed by atoms with van der Waals surface area (Å²) in [5.74, 6) is -3.26. The van der Waals surface area contributed by atoms with Gasteiger partial charge in [-0.3, -0.25) is 4.79 Å². The fourth-order valence-electron chi connectivity index (χ4n) is 5.19. The summed E-state index contributed by atoms with van der Waals surface area (Å²) in [6.07, 6.45) is -4.06. The number of aryl methyl sites for hydroxylation is 1. The number of hydrogen-bond acceptors (Lipinski definition) is 4. The van der Waals surface area contributed by atoms with Gasteiger partial charge in [-0.2, -0.15) is 17.6 Å². The van der Waals surface area contributed by atoms with Gasteiger partial charge in [0, 0.05) is 45.1 Å². The van der Waals surface area contributed by atoms with Gasteiger partial charge in [0.2, 0.25) is 17.5 Å². The fraction of sp³-hybridized carbons (Fsp3) is 0.478. The highest BCUT2D eigenvalue weighted by Crippen LogP contribution is 2.34. The smallest absolute Gasteiger partial charge is 0.370 e. The summed E-state index contributed by atoms with van der Waals surface area (Å²) in [6.45, 7) is 4.90. The maximum absolute atomic E-state index is 14.4. The second kappa shape index (κ2) is 8.42. The maximum Gasteiger partial charge on any atom is 0.451 e. The van der Waals surface area contributed by atoms with Gasteiger partial charge >= 0.3 is 6.18 Å². The first-order chi connectivity index (χ1) is 16.5. The minimum Gasteiger partial charge on any atom is -0.370 e. The predicted molar refractivity (Wildman–Crippen MR) is 115 cm³/mol. The van der Waals surface area contributed by atoms with Crippen molar-refractivity contribution in [3.63, 3.8) is 0 Å². The topological polar surface area (TPSA) is 68.4 Å². The number of H-pyrrole nitrogens is 1. The number of piperidine rings is 1. The Balaban J connectivity index is 1.33. The highest BCUT2D eigenvalue weighted by Gasteiger charge is 2.41. The number of nitrogens with zero attached hydrogens (tertiary/aromatic N) is 5. The van der Waals surface area contributed by atoms with Crippen molar-refractivity contribution in [2.24, 2.45) is 11.8 Å². The van der Waals surface area contributed by atoms with Crippen LogP contribution in [0.2, 0.25) is 0 Å². The van der Waals surface area contributed by atoms with Gasteiger partial charge in [0.1, 0.15) is 0 Å². The van der Waals surface area contributed by atoms with E-state index in [1.807, 2.05) is 13.0 Å². The fourth-order valence-corrected chi connectivity index (χ4v) is 5.19. The molecule has 7 nitrogen and oxygen atoms in total. The number of carbonyl (C=O) groups excluding carboxylic acids is 1. The molecule has 0 unspecified atom stereocenters. The molecule has 5 rings (SSSR count). The predicted octanol–water partition coefficient (Wildman–Crippen LogP) is 3.36. The van der Waals surface area contributed by atoms with Crippen molar-refractivity contribution in [2.45, 2.75) is 39.5 Å². The lowest BCUT2D eigenvalue weighted by Crippen LogP contribution is -2.49. The Hall–Kier alpha value is -3.31. The third kappa shape index (κ3) is 4.08. The van der Waals surface area contributed by atoms with Crippen LogP contribution in [0.4, 0.5) is 27.6 Å². The second-order valence-electron chi connectivity index (χ2n) is 9.29. The Morgan fingerprint density at radius 1 is 1.14 bits per heavy atom. The number of anilines is 1. The van der Waals surface area contributed by atoms with Gasteiger partial charge in [-0.1, -0.05) is 6.92 Å². The molecule has 2 aromatic heterocycles. The van der Waals surface area contributed by atoms with Crippen LogP contribution < -0.4 is 9.88 Å².